The fourth-order valence-electron chi connectivity index (χ4n) is 2.52. The zero-order chi connectivity index (χ0) is 15.5. The highest BCUT2D eigenvalue weighted by atomic mass is 16.4. The third-order valence-corrected chi connectivity index (χ3v) is 3.80. The van der Waals surface area contributed by atoms with E-state index >= 15 is 0 Å². The molecule has 0 bridgehead atoms. The van der Waals surface area contributed by atoms with Crippen LogP contribution in [0.25, 0.3) is 5.69 Å². The Kier molecular flexibility index (Phi) is 3.82. The lowest BCUT2D eigenvalue weighted by Crippen LogP contribution is -2.31. The van der Waals surface area contributed by atoms with E-state index in [1.807, 2.05) is 24.3 Å². The lowest BCUT2D eigenvalue weighted by molar-refractivity contribution is -0.141. The smallest absolute Gasteiger partial charge is 0.308 e. The van der Waals surface area contributed by atoms with Gasteiger partial charge in [0.2, 0.25) is 5.91 Å². The molecule has 114 valence electrons. The number of hydrogen-bond acceptors (Lipinski definition) is 5. The normalized spacial score (nSPS) is 17.6. The van der Waals surface area contributed by atoms with E-state index in [0.717, 1.165) is 11.3 Å². The molecule has 2 heterocycles. The topological polar surface area (TPSA) is 101 Å². The highest BCUT2D eigenvalue weighted by Crippen LogP contribution is 2.18. The van der Waals surface area contributed by atoms with Crippen molar-refractivity contribution in [2.45, 2.75) is 12.8 Å². The minimum Gasteiger partial charge on any atom is -0.481 e. The number of carboxylic acids is 1. The Morgan fingerprint density at radius 2 is 2.05 bits per heavy atom. The molecule has 1 aliphatic heterocycles. The minimum atomic E-state index is -0.832. The zero-order valence-corrected chi connectivity index (χ0v) is 11.8. The maximum Gasteiger partial charge on any atom is 0.308 e. The molecule has 8 heteroatoms. The first-order valence-corrected chi connectivity index (χ1v) is 6.96. The second kappa shape index (κ2) is 5.92. The van der Waals surface area contributed by atoms with Gasteiger partial charge in [0.15, 0.2) is 0 Å². The molecule has 1 atom stereocenters. The van der Waals surface area contributed by atoms with Gasteiger partial charge in [-0.3, -0.25) is 9.59 Å². The van der Waals surface area contributed by atoms with E-state index < -0.39 is 11.9 Å². The number of carbonyl (C=O) groups is 2. The second-order valence-corrected chi connectivity index (χ2v) is 5.26. The summed E-state index contributed by atoms with van der Waals surface area (Å²) in [6, 6.07) is 7.37. The van der Waals surface area contributed by atoms with Crippen LogP contribution in [0.5, 0.6) is 0 Å². The minimum absolute atomic E-state index is 0.0427. The lowest BCUT2D eigenvalue weighted by atomic mass is 10.1. The predicted molar refractivity (Wildman–Crippen MR) is 75.2 cm³/mol. The average molecular weight is 301 g/mol. The van der Waals surface area contributed by atoms with Crippen LogP contribution in [0.2, 0.25) is 0 Å². The Balaban J connectivity index is 1.61. The van der Waals surface area contributed by atoms with Gasteiger partial charge in [-0.15, -0.1) is 5.10 Å². The van der Waals surface area contributed by atoms with Gasteiger partial charge in [0.05, 0.1) is 18.0 Å². The van der Waals surface area contributed by atoms with Crippen molar-refractivity contribution in [1.82, 2.24) is 25.1 Å². The van der Waals surface area contributed by atoms with Crippen LogP contribution in [0.1, 0.15) is 12.0 Å². The Morgan fingerprint density at radius 1 is 1.27 bits per heavy atom. The van der Waals surface area contributed by atoms with Crippen molar-refractivity contribution < 1.29 is 14.7 Å². The molecule has 1 unspecified atom stereocenters. The number of carboxylic acid groups (broad SMARTS) is 1. The van der Waals surface area contributed by atoms with Crippen molar-refractivity contribution in [3.63, 3.8) is 0 Å². The summed E-state index contributed by atoms with van der Waals surface area (Å²) in [6.07, 6.45) is 2.29. The molecule has 1 aromatic carbocycles. The SMILES string of the molecule is O=C(O)C1CCN(C(=O)Cc2ccc(-n3cnnn3)cc2)C1. The zero-order valence-electron chi connectivity index (χ0n) is 11.8. The van der Waals surface area contributed by atoms with Crippen molar-refractivity contribution in [2.75, 3.05) is 13.1 Å². The van der Waals surface area contributed by atoms with Gasteiger partial charge in [-0.05, 0) is 34.5 Å². The van der Waals surface area contributed by atoms with Crippen LogP contribution in [0.4, 0.5) is 0 Å². The van der Waals surface area contributed by atoms with Crippen molar-refractivity contribution >= 4 is 11.9 Å². The predicted octanol–water partition coefficient (Wildman–Crippen LogP) is 0.138. The first-order chi connectivity index (χ1) is 10.6. The summed E-state index contributed by atoms with van der Waals surface area (Å²) in [7, 11) is 0. The number of rotatable bonds is 4. The molecule has 1 aromatic heterocycles. The standard InChI is InChI=1S/C14H15N5O3/c20-13(18-6-5-11(8-18)14(21)22)7-10-1-3-12(4-2-10)19-9-15-16-17-19/h1-4,9,11H,5-8H2,(H,21,22). The number of aromatic nitrogens is 4. The van der Waals surface area contributed by atoms with E-state index in [4.69, 9.17) is 5.11 Å². The molecule has 3 rings (SSSR count). The monoisotopic (exact) mass is 301 g/mol. The van der Waals surface area contributed by atoms with Crippen molar-refractivity contribution in [3.8, 4) is 5.69 Å². The van der Waals surface area contributed by atoms with E-state index in [-0.39, 0.29) is 12.3 Å². The molecule has 0 aliphatic carbocycles. The van der Waals surface area contributed by atoms with Gasteiger partial charge in [-0.2, -0.15) is 0 Å². The van der Waals surface area contributed by atoms with Crippen LogP contribution >= 0.6 is 0 Å². The number of likely N-dealkylation sites (tertiary alicyclic amines) is 1. The Bertz CT molecular complexity index is 668. The lowest BCUT2D eigenvalue weighted by Gasteiger charge is -2.15. The number of amides is 1. The molecule has 1 N–H and O–H groups in total. The molecule has 1 fully saturated rings. The Morgan fingerprint density at radius 3 is 2.64 bits per heavy atom. The van der Waals surface area contributed by atoms with Gasteiger partial charge >= 0.3 is 5.97 Å². The second-order valence-electron chi connectivity index (χ2n) is 5.26. The summed E-state index contributed by atoms with van der Waals surface area (Å²) in [4.78, 5) is 24.7. The summed E-state index contributed by atoms with van der Waals surface area (Å²) in [5.41, 5.74) is 1.69. The van der Waals surface area contributed by atoms with E-state index in [2.05, 4.69) is 15.5 Å². The van der Waals surface area contributed by atoms with Gasteiger partial charge in [-0.25, -0.2) is 4.68 Å². The summed E-state index contributed by atoms with van der Waals surface area (Å²) in [6.45, 7) is 0.815. The van der Waals surface area contributed by atoms with Crippen molar-refractivity contribution in [2.24, 2.45) is 5.92 Å². The van der Waals surface area contributed by atoms with E-state index in [1.165, 1.54) is 11.0 Å². The number of hydrogen-bond donors (Lipinski definition) is 1. The van der Waals surface area contributed by atoms with Crippen LogP contribution in [-0.2, 0) is 16.0 Å². The summed E-state index contributed by atoms with van der Waals surface area (Å²) in [5, 5.41) is 19.9. The molecular weight excluding hydrogens is 286 g/mol. The van der Waals surface area contributed by atoms with Gasteiger partial charge < -0.3 is 10.0 Å². The third kappa shape index (κ3) is 2.95. The van der Waals surface area contributed by atoms with Crippen molar-refractivity contribution in [3.05, 3.63) is 36.2 Å². The Labute approximate surface area is 126 Å². The highest BCUT2D eigenvalue weighted by Gasteiger charge is 2.30. The maximum atomic E-state index is 12.2. The van der Waals surface area contributed by atoms with E-state index in [1.54, 1.807) is 4.90 Å². The molecule has 1 saturated heterocycles. The van der Waals surface area contributed by atoms with E-state index in [9.17, 15) is 9.59 Å². The molecule has 8 nitrogen and oxygen atoms in total. The van der Waals surface area contributed by atoms with Crippen LogP contribution in [0, 0.1) is 5.92 Å². The Hall–Kier alpha value is -2.77. The molecule has 2 aromatic rings. The summed E-state index contributed by atoms with van der Waals surface area (Å²) < 4.78 is 1.53. The highest BCUT2D eigenvalue weighted by molar-refractivity contribution is 5.80. The number of aliphatic carboxylic acids is 1. The number of benzene rings is 1. The third-order valence-electron chi connectivity index (χ3n) is 3.80. The van der Waals surface area contributed by atoms with Crippen molar-refractivity contribution in [1.29, 1.82) is 0 Å². The molecular formula is C14H15N5O3. The first-order valence-electron chi connectivity index (χ1n) is 6.96. The van der Waals surface area contributed by atoms with Gasteiger partial charge in [0.1, 0.15) is 6.33 Å². The van der Waals surface area contributed by atoms with Crippen LogP contribution in [0.3, 0.4) is 0 Å². The average Bonchev–Trinajstić information content (AvgIpc) is 3.20. The number of tetrazole rings is 1. The van der Waals surface area contributed by atoms with Crippen LogP contribution < -0.4 is 0 Å². The molecule has 0 saturated carbocycles. The molecule has 22 heavy (non-hydrogen) atoms. The molecule has 1 amide bonds. The summed E-state index contributed by atoms with van der Waals surface area (Å²) >= 11 is 0. The van der Waals surface area contributed by atoms with Gasteiger partial charge in [-0.1, -0.05) is 12.1 Å². The fourth-order valence-corrected chi connectivity index (χ4v) is 2.52. The first kappa shape index (κ1) is 14.2. The fraction of sp³-hybridized carbons (Fsp3) is 0.357. The van der Waals surface area contributed by atoms with Crippen LogP contribution in [-0.4, -0.2) is 55.2 Å². The summed E-state index contributed by atoms with van der Waals surface area (Å²) in [5.74, 6) is -1.31. The number of nitrogens with zero attached hydrogens (tertiary/aromatic N) is 5. The molecule has 0 radical (unpaired) electrons. The number of carbonyl (C=O) groups excluding carboxylic acids is 1. The quantitative estimate of drug-likeness (QED) is 0.862. The van der Waals surface area contributed by atoms with Crippen LogP contribution in [0.15, 0.2) is 30.6 Å². The van der Waals surface area contributed by atoms with Gasteiger partial charge in [0.25, 0.3) is 0 Å². The molecule has 0 spiro atoms. The molecule has 1 aliphatic rings. The van der Waals surface area contributed by atoms with E-state index in [0.29, 0.717) is 19.5 Å². The maximum absolute atomic E-state index is 12.2. The largest absolute Gasteiger partial charge is 0.481 e. The van der Waals surface area contributed by atoms with Gasteiger partial charge in [0, 0.05) is 13.1 Å².